The number of esters is 1. The molecule has 36 heavy (non-hydrogen) atoms. The second-order valence-corrected chi connectivity index (χ2v) is 7.82. The minimum atomic E-state index is -8.00. The van der Waals surface area contributed by atoms with Gasteiger partial charge in [-0.05, 0) is 24.1 Å². The molecule has 2 unspecified atom stereocenters. The summed E-state index contributed by atoms with van der Waals surface area (Å²) in [6.07, 6.45) is -13.7. The van der Waals surface area contributed by atoms with Crippen molar-refractivity contribution in [3.8, 4) is 5.75 Å². The van der Waals surface area contributed by atoms with Crippen molar-refractivity contribution in [3.05, 3.63) is 29.8 Å². The van der Waals surface area contributed by atoms with Crippen molar-refractivity contribution in [2.75, 3.05) is 6.61 Å². The molecule has 3 nitrogen and oxygen atoms in total. The third-order valence-corrected chi connectivity index (χ3v) is 5.09. The van der Waals surface area contributed by atoms with Crippen molar-refractivity contribution < 1.29 is 71.3 Å². The molecule has 0 aliphatic carbocycles. The van der Waals surface area contributed by atoms with E-state index >= 15 is 0 Å². The molecule has 0 aliphatic rings. The molecule has 0 spiro atoms. The fraction of sp³-hybridized carbons (Fsp3) is 0.650. The Hall–Kier alpha value is -2.42. The second kappa shape index (κ2) is 10.1. The summed E-state index contributed by atoms with van der Waals surface area (Å²) in [6.45, 7) is 4.56. The van der Waals surface area contributed by atoms with Crippen LogP contribution in [0.1, 0.15) is 38.7 Å². The number of ether oxygens (including phenoxy) is 2. The van der Waals surface area contributed by atoms with E-state index in [-0.39, 0.29) is 12.2 Å². The molecule has 0 saturated heterocycles. The maximum atomic E-state index is 13.8. The number of alkyl halides is 13. The van der Waals surface area contributed by atoms with Crippen LogP contribution in [-0.2, 0) is 9.53 Å². The summed E-state index contributed by atoms with van der Waals surface area (Å²) in [6, 6.07) is 2.78. The fourth-order valence-corrected chi connectivity index (χ4v) is 2.44. The van der Waals surface area contributed by atoms with Gasteiger partial charge in [-0.3, -0.25) is 4.79 Å². The van der Waals surface area contributed by atoms with Crippen molar-refractivity contribution in [1.29, 1.82) is 0 Å². The van der Waals surface area contributed by atoms with Crippen LogP contribution < -0.4 is 4.74 Å². The predicted octanol–water partition coefficient (Wildman–Crippen LogP) is 7.45. The van der Waals surface area contributed by atoms with Gasteiger partial charge in [-0.1, -0.05) is 32.9 Å². The molecule has 16 heteroatoms. The van der Waals surface area contributed by atoms with Crippen LogP contribution in [0.4, 0.5) is 57.1 Å². The van der Waals surface area contributed by atoms with Crippen molar-refractivity contribution >= 4 is 5.97 Å². The number of hydrogen-bond donors (Lipinski definition) is 0. The molecular formula is C20H19F13O3. The zero-order valence-corrected chi connectivity index (χ0v) is 18.5. The Labute approximate surface area is 195 Å². The Balaban J connectivity index is 3.12. The van der Waals surface area contributed by atoms with Crippen molar-refractivity contribution in [2.24, 2.45) is 5.92 Å². The maximum Gasteiger partial charge on any atom is 0.471 e. The average Bonchev–Trinajstić information content (AvgIpc) is 2.75. The van der Waals surface area contributed by atoms with E-state index in [2.05, 4.69) is 4.74 Å². The van der Waals surface area contributed by atoms with Crippen LogP contribution in [0.15, 0.2) is 24.3 Å². The Kier molecular flexibility index (Phi) is 8.91. The minimum absolute atomic E-state index is 0.216. The lowest BCUT2D eigenvalue weighted by molar-refractivity contribution is -0.456. The number of halogens is 13. The van der Waals surface area contributed by atoms with Crippen LogP contribution in [0.3, 0.4) is 0 Å². The molecule has 0 saturated carbocycles. The van der Waals surface area contributed by atoms with Crippen LogP contribution in [0, 0.1) is 5.92 Å². The smallest absolute Gasteiger partial charge is 0.465 e. The molecule has 2 atom stereocenters. The molecule has 0 aliphatic heterocycles. The topological polar surface area (TPSA) is 35.5 Å². The Bertz CT molecular complexity index is 895. The zero-order chi connectivity index (χ0) is 28.5. The number of carbonyl (C=O) groups excluding carboxylic acids is 1. The monoisotopic (exact) mass is 554 g/mol. The van der Waals surface area contributed by atoms with Gasteiger partial charge in [0.25, 0.3) is 0 Å². The lowest BCUT2D eigenvalue weighted by atomic mass is 9.97. The largest absolute Gasteiger partial charge is 0.471 e. The molecule has 0 heterocycles. The van der Waals surface area contributed by atoms with Gasteiger partial charge in [0, 0.05) is 5.92 Å². The summed E-state index contributed by atoms with van der Waals surface area (Å²) in [5, 5.41) is 0. The van der Waals surface area contributed by atoms with Crippen molar-refractivity contribution in [2.45, 2.75) is 69.1 Å². The Morgan fingerprint density at radius 3 is 1.61 bits per heavy atom. The van der Waals surface area contributed by atoms with E-state index in [0.717, 1.165) is 12.1 Å². The van der Waals surface area contributed by atoms with E-state index in [4.69, 9.17) is 4.74 Å². The molecule has 0 fully saturated rings. The Morgan fingerprint density at radius 1 is 0.750 bits per heavy atom. The van der Waals surface area contributed by atoms with E-state index in [1.54, 1.807) is 13.8 Å². The van der Waals surface area contributed by atoms with E-state index in [1.165, 1.54) is 6.92 Å². The van der Waals surface area contributed by atoms with Gasteiger partial charge in [0.05, 0.1) is 12.5 Å². The molecule has 0 amide bonds. The van der Waals surface area contributed by atoms with Crippen LogP contribution in [0.2, 0.25) is 0 Å². The van der Waals surface area contributed by atoms with E-state index in [9.17, 15) is 61.9 Å². The normalized spacial score (nSPS) is 15.9. The molecule has 0 radical (unpaired) electrons. The highest BCUT2D eigenvalue weighted by atomic mass is 19.4. The van der Waals surface area contributed by atoms with E-state index in [1.807, 2.05) is 0 Å². The van der Waals surface area contributed by atoms with Gasteiger partial charge in [-0.25, -0.2) is 0 Å². The molecule has 1 aromatic rings. The summed E-state index contributed by atoms with van der Waals surface area (Å²) >= 11 is 0. The number of carbonyl (C=O) groups is 1. The lowest BCUT2D eigenvalue weighted by Gasteiger charge is -2.39. The first-order chi connectivity index (χ1) is 16.0. The molecule has 0 aromatic heterocycles. The summed E-state index contributed by atoms with van der Waals surface area (Å²) < 4.78 is 179. The highest BCUT2D eigenvalue weighted by Gasteiger charge is 2.91. The Morgan fingerprint density at radius 2 is 1.19 bits per heavy atom. The van der Waals surface area contributed by atoms with Crippen LogP contribution in [0.5, 0.6) is 5.75 Å². The van der Waals surface area contributed by atoms with Gasteiger partial charge < -0.3 is 9.47 Å². The van der Waals surface area contributed by atoms with Crippen molar-refractivity contribution in [1.82, 2.24) is 0 Å². The average molecular weight is 554 g/mol. The van der Waals surface area contributed by atoms with Gasteiger partial charge in [-0.2, -0.15) is 57.1 Å². The minimum Gasteiger partial charge on any atom is -0.465 e. The zero-order valence-electron chi connectivity index (χ0n) is 18.5. The molecule has 208 valence electrons. The third-order valence-electron chi connectivity index (χ3n) is 5.09. The number of rotatable bonds is 11. The predicted molar refractivity (Wildman–Crippen MR) is 96.7 cm³/mol. The van der Waals surface area contributed by atoms with E-state index in [0.29, 0.717) is 18.6 Å². The third kappa shape index (κ3) is 5.61. The van der Waals surface area contributed by atoms with Crippen LogP contribution in [-0.4, -0.2) is 48.6 Å². The first kappa shape index (κ1) is 31.6. The van der Waals surface area contributed by atoms with Gasteiger partial charge in [0.2, 0.25) is 0 Å². The number of hydrogen-bond acceptors (Lipinski definition) is 3. The summed E-state index contributed by atoms with van der Waals surface area (Å²) in [7, 11) is 0. The first-order valence-corrected chi connectivity index (χ1v) is 9.89. The molecule has 1 aromatic carbocycles. The standard InChI is InChI=1S/C20H19F13O3/c1-4-10(2)14(34)35-9-11(3)12-5-7-13(8-6-12)36-20(32,33)18(27,28)16(23,24)15(21,22)17(25,26)19(29,30)31/h5-8,10-11H,4,9H2,1-3H3. The van der Waals surface area contributed by atoms with E-state index < -0.39 is 59.5 Å². The van der Waals surface area contributed by atoms with Gasteiger partial charge in [-0.15, -0.1) is 0 Å². The van der Waals surface area contributed by atoms with Gasteiger partial charge in [0.15, 0.2) is 0 Å². The molecule has 0 bridgehead atoms. The van der Waals surface area contributed by atoms with Crippen LogP contribution in [0.25, 0.3) is 0 Å². The summed E-state index contributed by atoms with van der Waals surface area (Å²) in [5.41, 5.74) is 0.219. The quantitative estimate of drug-likeness (QED) is 0.211. The summed E-state index contributed by atoms with van der Waals surface area (Å²) in [4.78, 5) is 11.7. The highest BCUT2D eigenvalue weighted by Crippen LogP contribution is 2.60. The summed E-state index contributed by atoms with van der Waals surface area (Å²) in [5.74, 6) is -34.2. The van der Waals surface area contributed by atoms with Crippen LogP contribution >= 0.6 is 0 Å². The molecular weight excluding hydrogens is 535 g/mol. The fourth-order valence-electron chi connectivity index (χ4n) is 2.44. The molecule has 0 N–H and O–H groups in total. The number of benzene rings is 1. The SMILES string of the molecule is CCC(C)C(=O)OCC(C)c1ccc(OC(F)(F)C(F)(F)C(F)(F)C(F)(F)C(F)(F)C(F)(F)F)cc1. The van der Waals surface area contributed by atoms with Crippen molar-refractivity contribution in [3.63, 3.8) is 0 Å². The maximum absolute atomic E-state index is 13.8. The molecule has 1 rings (SSSR count). The van der Waals surface area contributed by atoms with Gasteiger partial charge >= 0.3 is 41.9 Å². The second-order valence-electron chi connectivity index (χ2n) is 7.82. The first-order valence-electron chi connectivity index (χ1n) is 9.89. The lowest BCUT2D eigenvalue weighted by Crippen LogP contribution is -2.70. The van der Waals surface area contributed by atoms with Gasteiger partial charge in [0.1, 0.15) is 5.75 Å². The highest BCUT2D eigenvalue weighted by molar-refractivity contribution is 5.71.